The van der Waals surface area contributed by atoms with Crippen molar-refractivity contribution in [3.8, 4) is 11.1 Å². The molecule has 0 aliphatic heterocycles. The lowest BCUT2D eigenvalue weighted by Crippen LogP contribution is -2.12. The van der Waals surface area contributed by atoms with E-state index in [2.05, 4.69) is 5.32 Å². The van der Waals surface area contributed by atoms with Crippen molar-refractivity contribution in [2.24, 2.45) is 0 Å². The number of anilines is 1. The number of hydrogen-bond acceptors (Lipinski definition) is 1. The summed E-state index contributed by atoms with van der Waals surface area (Å²) >= 11 is 5.93. The number of nitrogens with one attached hydrogen (secondary N) is 1. The Bertz CT molecular complexity index is 826. The predicted octanol–water partition coefficient (Wildman–Crippen LogP) is 5.57. The molecule has 0 fully saturated rings. The van der Waals surface area contributed by atoms with Crippen LogP contribution in [-0.2, 0) is 0 Å². The topological polar surface area (TPSA) is 29.1 Å². The molecular formula is C20H16ClNO. The van der Waals surface area contributed by atoms with Crippen molar-refractivity contribution in [1.29, 1.82) is 0 Å². The Labute approximate surface area is 140 Å². The van der Waals surface area contributed by atoms with Crippen LogP contribution in [0.4, 0.5) is 5.69 Å². The molecule has 0 radical (unpaired) electrons. The first-order valence-corrected chi connectivity index (χ1v) is 7.74. The molecular weight excluding hydrogens is 306 g/mol. The summed E-state index contributed by atoms with van der Waals surface area (Å²) in [4.78, 5) is 12.4. The van der Waals surface area contributed by atoms with E-state index < -0.39 is 0 Å². The lowest BCUT2D eigenvalue weighted by Gasteiger charge is -2.09. The first-order valence-electron chi connectivity index (χ1n) is 7.36. The minimum Gasteiger partial charge on any atom is -0.322 e. The molecule has 0 aromatic heterocycles. The van der Waals surface area contributed by atoms with E-state index in [9.17, 15) is 4.79 Å². The van der Waals surface area contributed by atoms with Crippen LogP contribution in [0.5, 0.6) is 0 Å². The number of hydrogen-bond donors (Lipinski definition) is 1. The van der Waals surface area contributed by atoms with E-state index in [1.807, 2.05) is 73.7 Å². The highest BCUT2D eigenvalue weighted by Gasteiger charge is 2.08. The Hall–Kier alpha value is -2.58. The SMILES string of the molecule is Cc1cc(Cl)ccc1NC(=O)c1ccc(-c2ccccc2)cc1. The van der Waals surface area contributed by atoms with Gasteiger partial charge in [0.2, 0.25) is 0 Å². The van der Waals surface area contributed by atoms with E-state index in [-0.39, 0.29) is 5.91 Å². The fourth-order valence-electron chi connectivity index (χ4n) is 2.41. The van der Waals surface area contributed by atoms with Gasteiger partial charge in [-0.15, -0.1) is 0 Å². The van der Waals surface area contributed by atoms with E-state index >= 15 is 0 Å². The molecule has 1 N–H and O–H groups in total. The zero-order valence-corrected chi connectivity index (χ0v) is 13.5. The Morgan fingerprint density at radius 3 is 2.17 bits per heavy atom. The van der Waals surface area contributed by atoms with E-state index in [0.717, 1.165) is 22.4 Å². The Kier molecular flexibility index (Phi) is 4.45. The van der Waals surface area contributed by atoms with Crippen LogP contribution in [0.15, 0.2) is 72.8 Å². The fourth-order valence-corrected chi connectivity index (χ4v) is 2.63. The molecule has 0 heterocycles. The number of rotatable bonds is 3. The third-order valence-electron chi connectivity index (χ3n) is 3.69. The molecule has 23 heavy (non-hydrogen) atoms. The number of halogens is 1. The standard InChI is InChI=1S/C20H16ClNO/c1-14-13-18(21)11-12-19(14)22-20(23)17-9-7-16(8-10-17)15-5-3-2-4-6-15/h2-13H,1H3,(H,22,23). The molecule has 0 spiro atoms. The molecule has 2 nitrogen and oxygen atoms in total. The van der Waals surface area contributed by atoms with E-state index in [1.165, 1.54) is 0 Å². The van der Waals surface area contributed by atoms with Crippen LogP contribution >= 0.6 is 11.6 Å². The molecule has 3 aromatic rings. The second-order valence-corrected chi connectivity index (χ2v) is 5.79. The van der Waals surface area contributed by atoms with Gasteiger partial charge in [-0.1, -0.05) is 54.1 Å². The molecule has 3 heteroatoms. The molecule has 3 rings (SSSR count). The maximum atomic E-state index is 12.4. The van der Waals surface area contributed by atoms with Gasteiger partial charge in [0, 0.05) is 16.3 Å². The zero-order chi connectivity index (χ0) is 16.2. The van der Waals surface area contributed by atoms with Crippen LogP contribution in [0.25, 0.3) is 11.1 Å². The van der Waals surface area contributed by atoms with Crippen LogP contribution in [0.2, 0.25) is 5.02 Å². The van der Waals surface area contributed by atoms with Gasteiger partial charge < -0.3 is 5.32 Å². The normalized spacial score (nSPS) is 10.3. The molecule has 0 aliphatic carbocycles. The molecule has 1 amide bonds. The molecule has 3 aromatic carbocycles. The number of amides is 1. The first kappa shape index (κ1) is 15.3. The van der Waals surface area contributed by atoms with E-state index in [1.54, 1.807) is 6.07 Å². The summed E-state index contributed by atoms with van der Waals surface area (Å²) in [7, 11) is 0. The maximum Gasteiger partial charge on any atom is 0.255 e. The highest BCUT2D eigenvalue weighted by molar-refractivity contribution is 6.30. The Balaban J connectivity index is 1.78. The summed E-state index contributed by atoms with van der Waals surface area (Å²) in [5.41, 5.74) is 4.55. The molecule has 0 bridgehead atoms. The van der Waals surface area contributed by atoms with E-state index in [4.69, 9.17) is 11.6 Å². The van der Waals surface area contributed by atoms with Crippen LogP contribution in [0.1, 0.15) is 15.9 Å². The molecule has 0 saturated heterocycles. The lowest BCUT2D eigenvalue weighted by atomic mass is 10.0. The minimum atomic E-state index is -0.130. The minimum absolute atomic E-state index is 0.130. The third-order valence-corrected chi connectivity index (χ3v) is 3.93. The van der Waals surface area contributed by atoms with Crippen molar-refractivity contribution in [1.82, 2.24) is 0 Å². The Morgan fingerprint density at radius 2 is 1.52 bits per heavy atom. The van der Waals surface area contributed by atoms with Gasteiger partial charge in [-0.2, -0.15) is 0 Å². The second kappa shape index (κ2) is 6.67. The van der Waals surface area contributed by atoms with Gasteiger partial charge in [-0.05, 0) is 53.9 Å². The lowest BCUT2D eigenvalue weighted by molar-refractivity contribution is 0.102. The fraction of sp³-hybridized carbons (Fsp3) is 0.0500. The summed E-state index contributed by atoms with van der Waals surface area (Å²) in [5, 5.41) is 3.58. The van der Waals surface area contributed by atoms with Gasteiger partial charge in [-0.3, -0.25) is 4.79 Å². The monoisotopic (exact) mass is 321 g/mol. The summed E-state index contributed by atoms with van der Waals surface area (Å²) in [6.45, 7) is 1.92. The van der Waals surface area contributed by atoms with Gasteiger partial charge in [0.15, 0.2) is 0 Å². The first-order chi connectivity index (χ1) is 11.1. The highest BCUT2D eigenvalue weighted by Crippen LogP contribution is 2.22. The van der Waals surface area contributed by atoms with Gasteiger partial charge >= 0.3 is 0 Å². The number of carbonyl (C=O) groups excluding carboxylic acids is 1. The smallest absolute Gasteiger partial charge is 0.255 e. The number of benzene rings is 3. The number of aryl methyl sites for hydroxylation is 1. The molecule has 0 atom stereocenters. The van der Waals surface area contributed by atoms with Crippen molar-refractivity contribution >= 4 is 23.2 Å². The molecule has 0 aliphatic rings. The summed E-state index contributed by atoms with van der Waals surface area (Å²) < 4.78 is 0. The third kappa shape index (κ3) is 3.61. The van der Waals surface area contributed by atoms with Crippen molar-refractivity contribution < 1.29 is 4.79 Å². The largest absolute Gasteiger partial charge is 0.322 e. The average molecular weight is 322 g/mol. The molecule has 0 saturated carbocycles. The maximum absolute atomic E-state index is 12.4. The molecule has 0 unspecified atom stereocenters. The van der Waals surface area contributed by atoms with E-state index in [0.29, 0.717) is 10.6 Å². The van der Waals surface area contributed by atoms with Crippen molar-refractivity contribution in [3.63, 3.8) is 0 Å². The van der Waals surface area contributed by atoms with Crippen LogP contribution < -0.4 is 5.32 Å². The van der Waals surface area contributed by atoms with Crippen molar-refractivity contribution in [2.45, 2.75) is 6.92 Å². The zero-order valence-electron chi connectivity index (χ0n) is 12.7. The van der Waals surface area contributed by atoms with Crippen molar-refractivity contribution in [2.75, 3.05) is 5.32 Å². The summed E-state index contributed by atoms with van der Waals surface area (Å²) in [6, 6.07) is 23.1. The van der Waals surface area contributed by atoms with Crippen LogP contribution in [0.3, 0.4) is 0 Å². The average Bonchev–Trinajstić information content (AvgIpc) is 2.58. The second-order valence-electron chi connectivity index (χ2n) is 5.36. The van der Waals surface area contributed by atoms with Crippen LogP contribution in [0, 0.1) is 6.92 Å². The van der Waals surface area contributed by atoms with Gasteiger partial charge in [0.25, 0.3) is 5.91 Å². The van der Waals surface area contributed by atoms with Crippen LogP contribution in [-0.4, -0.2) is 5.91 Å². The molecule has 114 valence electrons. The van der Waals surface area contributed by atoms with Gasteiger partial charge in [0.05, 0.1) is 0 Å². The quantitative estimate of drug-likeness (QED) is 0.671. The Morgan fingerprint density at radius 1 is 0.870 bits per heavy atom. The number of carbonyl (C=O) groups is 1. The predicted molar refractivity (Wildman–Crippen MR) is 96.0 cm³/mol. The van der Waals surface area contributed by atoms with Crippen molar-refractivity contribution in [3.05, 3.63) is 88.9 Å². The van der Waals surface area contributed by atoms with Gasteiger partial charge in [-0.25, -0.2) is 0 Å². The highest BCUT2D eigenvalue weighted by atomic mass is 35.5. The summed E-state index contributed by atoms with van der Waals surface area (Å²) in [6.07, 6.45) is 0. The summed E-state index contributed by atoms with van der Waals surface area (Å²) in [5.74, 6) is -0.130. The van der Waals surface area contributed by atoms with Gasteiger partial charge in [0.1, 0.15) is 0 Å².